The topological polar surface area (TPSA) is 41.1 Å². The molecule has 0 saturated carbocycles. The molecule has 0 aliphatic carbocycles. The predicted molar refractivity (Wildman–Crippen MR) is 94.3 cm³/mol. The van der Waals surface area contributed by atoms with Crippen molar-refractivity contribution in [3.05, 3.63) is 77.5 Å². The number of benzene rings is 2. The maximum atomic E-state index is 14.0. The fourth-order valence-corrected chi connectivity index (χ4v) is 3.28. The summed E-state index contributed by atoms with van der Waals surface area (Å²) >= 11 is 0. The molecule has 0 radical (unpaired) electrons. The molecular weight excluding hydrogens is 355 g/mol. The van der Waals surface area contributed by atoms with Crippen LogP contribution in [0.3, 0.4) is 0 Å². The predicted octanol–water partition coefficient (Wildman–Crippen LogP) is 4.07. The molecule has 1 atom stereocenters. The highest BCUT2D eigenvalue weighted by atomic mass is 19.1. The summed E-state index contributed by atoms with van der Waals surface area (Å²) in [6.07, 6.45) is 1.52. The molecule has 1 saturated heterocycles. The van der Waals surface area contributed by atoms with Gasteiger partial charge in [0.15, 0.2) is 0 Å². The number of aromatic nitrogens is 2. The van der Waals surface area contributed by atoms with E-state index in [9.17, 15) is 13.2 Å². The summed E-state index contributed by atoms with van der Waals surface area (Å²) in [5, 5.41) is 0. The zero-order valence-electron chi connectivity index (χ0n) is 14.5. The Bertz CT molecular complexity index is 944. The summed E-state index contributed by atoms with van der Waals surface area (Å²) in [5.41, 5.74) is 1.30. The number of ether oxygens (including phenoxy) is 1. The Labute approximate surface area is 154 Å². The maximum Gasteiger partial charge on any atom is 0.135 e. The average Bonchev–Trinajstić information content (AvgIpc) is 3.14. The quantitative estimate of drug-likeness (QED) is 0.750. The van der Waals surface area contributed by atoms with E-state index in [1.165, 1.54) is 24.4 Å². The molecule has 140 valence electrons. The number of nitrogens with one attached hydrogen (secondary N) is 1. The van der Waals surface area contributed by atoms with Crippen LogP contribution < -0.4 is 0 Å². The third-order valence-corrected chi connectivity index (χ3v) is 4.70. The van der Waals surface area contributed by atoms with Gasteiger partial charge in [0.25, 0.3) is 0 Å². The number of halogens is 3. The van der Waals surface area contributed by atoms with Gasteiger partial charge in [0, 0.05) is 30.3 Å². The van der Waals surface area contributed by atoms with Gasteiger partial charge in [-0.3, -0.25) is 4.90 Å². The summed E-state index contributed by atoms with van der Waals surface area (Å²) in [5.74, 6) is -0.943. The number of H-pyrrole nitrogens is 1. The molecule has 3 aromatic rings. The van der Waals surface area contributed by atoms with Crippen LogP contribution >= 0.6 is 0 Å². The summed E-state index contributed by atoms with van der Waals surface area (Å²) in [7, 11) is 0. The second-order valence-corrected chi connectivity index (χ2v) is 6.46. The lowest BCUT2D eigenvalue weighted by Crippen LogP contribution is -2.39. The second kappa shape index (κ2) is 7.54. The first-order chi connectivity index (χ1) is 13.1. The lowest BCUT2D eigenvalue weighted by atomic mass is 10.1. The summed E-state index contributed by atoms with van der Waals surface area (Å²) in [6, 6.07) is 9.85. The molecule has 0 bridgehead atoms. The van der Waals surface area contributed by atoms with Crippen molar-refractivity contribution in [3.8, 4) is 11.3 Å². The third kappa shape index (κ3) is 3.74. The van der Waals surface area contributed by atoms with Crippen molar-refractivity contribution >= 4 is 0 Å². The van der Waals surface area contributed by atoms with Crippen molar-refractivity contribution in [1.82, 2.24) is 14.9 Å². The molecule has 2 heterocycles. The number of aromatic amines is 1. The second-order valence-electron chi connectivity index (χ2n) is 6.46. The van der Waals surface area contributed by atoms with Crippen LogP contribution in [0.4, 0.5) is 13.2 Å². The normalized spacial score (nSPS) is 18.0. The van der Waals surface area contributed by atoms with E-state index in [-0.39, 0.29) is 17.4 Å². The molecule has 1 fully saturated rings. The van der Waals surface area contributed by atoms with Gasteiger partial charge in [0.2, 0.25) is 0 Å². The number of nitrogens with zero attached hydrogens (tertiary/aromatic N) is 2. The summed E-state index contributed by atoms with van der Waals surface area (Å²) in [6.45, 7) is 1.99. The molecule has 1 N–H and O–H groups in total. The highest BCUT2D eigenvalue weighted by molar-refractivity contribution is 5.59. The standard InChI is InChI=1S/C20H18F3N3O/c21-14-5-6-15(17(23)9-14)18-10-24-20(25-18)19-12-27-8-7-26(19)11-13-3-1-2-4-16(13)22/h1-6,9-10,19H,7-8,11-12H2,(H,24,25). The van der Waals surface area contributed by atoms with E-state index < -0.39 is 11.6 Å². The monoisotopic (exact) mass is 373 g/mol. The highest BCUT2D eigenvalue weighted by Gasteiger charge is 2.28. The van der Waals surface area contributed by atoms with E-state index in [0.717, 1.165) is 6.07 Å². The minimum Gasteiger partial charge on any atom is -0.378 e. The van der Waals surface area contributed by atoms with Crippen LogP contribution in [0.2, 0.25) is 0 Å². The SMILES string of the molecule is Fc1ccc(-c2cnc(C3COCCN3Cc3ccccc3F)[nH]2)c(F)c1. The van der Waals surface area contributed by atoms with Crippen LogP contribution in [-0.4, -0.2) is 34.6 Å². The molecule has 1 unspecified atom stereocenters. The zero-order chi connectivity index (χ0) is 18.8. The zero-order valence-corrected chi connectivity index (χ0v) is 14.5. The molecule has 7 heteroatoms. The van der Waals surface area contributed by atoms with E-state index in [4.69, 9.17) is 4.74 Å². The van der Waals surface area contributed by atoms with Crippen molar-refractivity contribution in [2.75, 3.05) is 19.8 Å². The van der Waals surface area contributed by atoms with Gasteiger partial charge in [-0.05, 0) is 18.2 Å². The Kier molecular flexibility index (Phi) is 4.96. The van der Waals surface area contributed by atoms with Crippen molar-refractivity contribution in [2.24, 2.45) is 0 Å². The first kappa shape index (κ1) is 17.8. The Hall–Kier alpha value is -2.64. The highest BCUT2D eigenvalue weighted by Crippen LogP contribution is 2.28. The first-order valence-electron chi connectivity index (χ1n) is 8.67. The molecule has 4 nitrogen and oxygen atoms in total. The first-order valence-corrected chi connectivity index (χ1v) is 8.67. The Balaban J connectivity index is 1.59. The van der Waals surface area contributed by atoms with E-state index >= 15 is 0 Å². The molecule has 2 aromatic carbocycles. The molecule has 1 aromatic heterocycles. The van der Waals surface area contributed by atoms with Gasteiger partial charge in [-0.15, -0.1) is 0 Å². The molecule has 1 aliphatic rings. The maximum absolute atomic E-state index is 14.0. The van der Waals surface area contributed by atoms with Gasteiger partial charge in [-0.25, -0.2) is 18.2 Å². The number of hydrogen-bond donors (Lipinski definition) is 1. The van der Waals surface area contributed by atoms with Gasteiger partial charge in [0.05, 0.1) is 31.1 Å². The van der Waals surface area contributed by atoms with E-state index in [1.807, 2.05) is 0 Å². The fraction of sp³-hybridized carbons (Fsp3) is 0.250. The summed E-state index contributed by atoms with van der Waals surface area (Å²) in [4.78, 5) is 9.54. The van der Waals surface area contributed by atoms with Gasteiger partial charge < -0.3 is 9.72 Å². The Morgan fingerprint density at radius 2 is 1.96 bits per heavy atom. The molecule has 4 rings (SSSR count). The number of hydrogen-bond acceptors (Lipinski definition) is 3. The largest absolute Gasteiger partial charge is 0.378 e. The average molecular weight is 373 g/mol. The summed E-state index contributed by atoms with van der Waals surface area (Å²) < 4.78 is 46.8. The van der Waals surface area contributed by atoms with Gasteiger partial charge >= 0.3 is 0 Å². The van der Waals surface area contributed by atoms with E-state index in [0.29, 0.717) is 43.4 Å². The van der Waals surface area contributed by atoms with Crippen LogP contribution in [-0.2, 0) is 11.3 Å². The van der Waals surface area contributed by atoms with Crippen LogP contribution in [0.1, 0.15) is 17.4 Å². The van der Waals surface area contributed by atoms with Crippen LogP contribution in [0.25, 0.3) is 11.3 Å². The van der Waals surface area contributed by atoms with Crippen molar-refractivity contribution in [3.63, 3.8) is 0 Å². The lowest BCUT2D eigenvalue weighted by molar-refractivity contribution is -0.0160. The minimum absolute atomic E-state index is 0.212. The van der Waals surface area contributed by atoms with E-state index in [1.54, 1.807) is 18.2 Å². The number of imidazole rings is 1. The molecule has 1 aliphatic heterocycles. The van der Waals surface area contributed by atoms with Gasteiger partial charge in [-0.2, -0.15) is 0 Å². The lowest BCUT2D eigenvalue weighted by Gasteiger charge is -2.34. The molecule has 0 amide bonds. The van der Waals surface area contributed by atoms with Crippen molar-refractivity contribution < 1.29 is 17.9 Å². The smallest absolute Gasteiger partial charge is 0.135 e. The molecular formula is C20H18F3N3O. The third-order valence-electron chi connectivity index (χ3n) is 4.70. The number of rotatable bonds is 4. The van der Waals surface area contributed by atoms with Crippen molar-refractivity contribution in [1.29, 1.82) is 0 Å². The van der Waals surface area contributed by atoms with E-state index in [2.05, 4.69) is 14.9 Å². The number of morpholine rings is 1. The van der Waals surface area contributed by atoms with Crippen LogP contribution in [0.5, 0.6) is 0 Å². The van der Waals surface area contributed by atoms with Gasteiger partial charge in [0.1, 0.15) is 23.3 Å². The molecule has 27 heavy (non-hydrogen) atoms. The van der Waals surface area contributed by atoms with Crippen molar-refractivity contribution in [2.45, 2.75) is 12.6 Å². The van der Waals surface area contributed by atoms with Gasteiger partial charge in [-0.1, -0.05) is 18.2 Å². The van der Waals surface area contributed by atoms with Crippen LogP contribution in [0.15, 0.2) is 48.7 Å². The molecule has 0 spiro atoms. The minimum atomic E-state index is -0.659. The Morgan fingerprint density at radius 1 is 1.11 bits per heavy atom. The fourth-order valence-electron chi connectivity index (χ4n) is 3.28. The Morgan fingerprint density at radius 3 is 2.78 bits per heavy atom. The van der Waals surface area contributed by atoms with Crippen LogP contribution in [0, 0.1) is 17.5 Å².